The van der Waals surface area contributed by atoms with Crippen molar-refractivity contribution in [2.75, 3.05) is 6.54 Å². The summed E-state index contributed by atoms with van der Waals surface area (Å²) in [6, 6.07) is 18.4. The number of sulfonamides is 1. The molecular formula is C21H22N2O4S2. The van der Waals surface area contributed by atoms with Gasteiger partial charge in [-0.25, -0.2) is 21.6 Å². The van der Waals surface area contributed by atoms with Gasteiger partial charge in [0.15, 0.2) is 9.84 Å². The van der Waals surface area contributed by atoms with Crippen LogP contribution in [0.2, 0.25) is 0 Å². The van der Waals surface area contributed by atoms with Crippen molar-refractivity contribution in [1.29, 1.82) is 0 Å². The lowest BCUT2D eigenvalue weighted by Crippen LogP contribution is -2.32. The summed E-state index contributed by atoms with van der Waals surface area (Å²) in [7, 11) is -7.55. The molecule has 3 aromatic rings. The molecule has 0 bridgehead atoms. The zero-order chi connectivity index (χ0) is 20.9. The number of benzene rings is 2. The molecule has 152 valence electrons. The van der Waals surface area contributed by atoms with Crippen LogP contribution in [-0.4, -0.2) is 28.4 Å². The second-order valence-electron chi connectivity index (χ2n) is 6.73. The Morgan fingerprint density at radius 2 is 1.69 bits per heavy atom. The SMILES string of the molecule is Cc1cccc(CS(=O)(=O)NC[C@H](c2cccnc2)S(=O)(=O)c2ccccc2)c1. The number of aromatic nitrogens is 1. The Bertz CT molecular complexity index is 1160. The van der Waals surface area contributed by atoms with Crippen molar-refractivity contribution in [3.8, 4) is 0 Å². The van der Waals surface area contributed by atoms with Gasteiger partial charge in [0.25, 0.3) is 0 Å². The van der Waals surface area contributed by atoms with Gasteiger partial charge in [0, 0.05) is 18.9 Å². The molecule has 1 aromatic heterocycles. The lowest BCUT2D eigenvalue weighted by atomic mass is 10.2. The van der Waals surface area contributed by atoms with E-state index in [1.54, 1.807) is 48.5 Å². The molecule has 0 unspecified atom stereocenters. The summed E-state index contributed by atoms with van der Waals surface area (Å²) in [6.07, 6.45) is 2.98. The van der Waals surface area contributed by atoms with Gasteiger partial charge in [-0.15, -0.1) is 0 Å². The maximum absolute atomic E-state index is 13.2. The average Bonchev–Trinajstić information content (AvgIpc) is 2.69. The second kappa shape index (κ2) is 8.86. The molecular weight excluding hydrogens is 408 g/mol. The second-order valence-corrected chi connectivity index (χ2v) is 10.7. The summed E-state index contributed by atoms with van der Waals surface area (Å²) in [5.41, 5.74) is 2.02. The van der Waals surface area contributed by atoms with Gasteiger partial charge in [0.2, 0.25) is 10.0 Å². The predicted molar refractivity (Wildman–Crippen MR) is 112 cm³/mol. The highest BCUT2D eigenvalue weighted by atomic mass is 32.2. The van der Waals surface area contributed by atoms with Gasteiger partial charge >= 0.3 is 0 Å². The molecule has 1 N–H and O–H groups in total. The number of hydrogen-bond donors (Lipinski definition) is 1. The van der Waals surface area contributed by atoms with Crippen LogP contribution in [0.3, 0.4) is 0 Å². The van der Waals surface area contributed by atoms with Gasteiger partial charge in [-0.05, 0) is 36.2 Å². The van der Waals surface area contributed by atoms with Gasteiger partial charge in [0.1, 0.15) is 5.25 Å². The molecule has 0 aliphatic heterocycles. The van der Waals surface area contributed by atoms with E-state index in [1.165, 1.54) is 24.5 Å². The Morgan fingerprint density at radius 3 is 2.34 bits per heavy atom. The molecule has 29 heavy (non-hydrogen) atoms. The minimum atomic E-state index is -3.82. The molecule has 0 saturated heterocycles. The Balaban J connectivity index is 1.86. The molecule has 8 heteroatoms. The van der Waals surface area contributed by atoms with E-state index in [0.717, 1.165) is 5.56 Å². The lowest BCUT2D eigenvalue weighted by Gasteiger charge is -2.19. The van der Waals surface area contributed by atoms with E-state index < -0.39 is 25.1 Å². The number of pyridine rings is 1. The normalized spacial score (nSPS) is 13.1. The maximum atomic E-state index is 13.2. The van der Waals surface area contributed by atoms with E-state index in [-0.39, 0.29) is 17.2 Å². The molecule has 0 fully saturated rings. The van der Waals surface area contributed by atoms with E-state index in [9.17, 15) is 16.8 Å². The number of rotatable bonds is 8. The molecule has 1 heterocycles. The Morgan fingerprint density at radius 1 is 0.931 bits per heavy atom. The molecule has 0 aliphatic carbocycles. The van der Waals surface area contributed by atoms with Crippen molar-refractivity contribution in [1.82, 2.24) is 9.71 Å². The first-order valence-corrected chi connectivity index (χ1v) is 12.2. The van der Waals surface area contributed by atoms with Crippen molar-refractivity contribution < 1.29 is 16.8 Å². The largest absolute Gasteiger partial charge is 0.264 e. The van der Waals surface area contributed by atoms with Crippen LogP contribution in [0.4, 0.5) is 0 Å². The fourth-order valence-electron chi connectivity index (χ4n) is 3.02. The van der Waals surface area contributed by atoms with Crippen molar-refractivity contribution in [3.05, 3.63) is 95.8 Å². The summed E-state index contributed by atoms with van der Waals surface area (Å²) < 4.78 is 54.0. The van der Waals surface area contributed by atoms with Gasteiger partial charge in [-0.2, -0.15) is 0 Å². The standard InChI is InChI=1S/C21H22N2O4S2/c1-17-7-5-8-18(13-17)16-28(24,25)23-15-21(19-9-6-12-22-14-19)29(26,27)20-10-3-2-4-11-20/h2-14,21,23H,15-16H2,1H3/t21-/m1/s1. The lowest BCUT2D eigenvalue weighted by molar-refractivity contribution is 0.568. The van der Waals surface area contributed by atoms with Crippen LogP contribution in [0.5, 0.6) is 0 Å². The van der Waals surface area contributed by atoms with Crippen LogP contribution in [0.1, 0.15) is 21.9 Å². The van der Waals surface area contributed by atoms with Crippen molar-refractivity contribution in [2.45, 2.75) is 22.8 Å². The number of nitrogens with zero attached hydrogens (tertiary/aromatic N) is 1. The molecule has 1 atom stereocenters. The first kappa shape index (κ1) is 21.2. The topological polar surface area (TPSA) is 93.2 Å². The van der Waals surface area contributed by atoms with Crippen LogP contribution in [0.25, 0.3) is 0 Å². The van der Waals surface area contributed by atoms with Crippen molar-refractivity contribution >= 4 is 19.9 Å². The first-order chi connectivity index (χ1) is 13.8. The van der Waals surface area contributed by atoms with Gasteiger partial charge < -0.3 is 0 Å². The third kappa shape index (κ3) is 5.50. The van der Waals surface area contributed by atoms with E-state index >= 15 is 0 Å². The molecule has 0 spiro atoms. The van der Waals surface area contributed by atoms with Gasteiger partial charge in [-0.1, -0.05) is 54.1 Å². The minimum Gasteiger partial charge on any atom is -0.264 e. The van der Waals surface area contributed by atoms with E-state index in [1.807, 2.05) is 13.0 Å². The average molecular weight is 431 g/mol. The van der Waals surface area contributed by atoms with Crippen molar-refractivity contribution in [2.24, 2.45) is 0 Å². The molecule has 0 aliphatic rings. The van der Waals surface area contributed by atoms with Gasteiger partial charge in [0.05, 0.1) is 10.6 Å². The number of nitrogens with one attached hydrogen (secondary N) is 1. The highest BCUT2D eigenvalue weighted by Crippen LogP contribution is 2.28. The number of sulfone groups is 1. The van der Waals surface area contributed by atoms with Crippen LogP contribution < -0.4 is 4.72 Å². The fourth-order valence-corrected chi connectivity index (χ4v) is 5.93. The van der Waals surface area contributed by atoms with Crippen LogP contribution >= 0.6 is 0 Å². The van der Waals surface area contributed by atoms with Crippen LogP contribution in [0.15, 0.2) is 84.0 Å². The van der Waals surface area contributed by atoms with Crippen molar-refractivity contribution in [3.63, 3.8) is 0 Å². The third-order valence-corrected chi connectivity index (χ3v) is 7.87. The summed E-state index contributed by atoms with van der Waals surface area (Å²) in [4.78, 5) is 4.12. The van der Waals surface area contributed by atoms with Crippen LogP contribution in [-0.2, 0) is 25.6 Å². The van der Waals surface area contributed by atoms with E-state index in [0.29, 0.717) is 11.1 Å². The zero-order valence-electron chi connectivity index (χ0n) is 15.9. The van der Waals surface area contributed by atoms with E-state index in [2.05, 4.69) is 9.71 Å². The highest BCUT2D eigenvalue weighted by Gasteiger charge is 2.30. The minimum absolute atomic E-state index is 0.131. The van der Waals surface area contributed by atoms with Crippen LogP contribution in [0, 0.1) is 6.92 Å². The summed E-state index contributed by atoms with van der Waals surface area (Å²) in [5.74, 6) is -0.222. The quantitative estimate of drug-likeness (QED) is 0.593. The summed E-state index contributed by atoms with van der Waals surface area (Å²) >= 11 is 0. The predicted octanol–water partition coefficient (Wildman–Crippen LogP) is 3.02. The fraction of sp³-hybridized carbons (Fsp3) is 0.190. The molecule has 2 aromatic carbocycles. The maximum Gasteiger partial charge on any atom is 0.215 e. The van der Waals surface area contributed by atoms with E-state index in [4.69, 9.17) is 0 Å². The third-order valence-electron chi connectivity index (χ3n) is 4.43. The highest BCUT2D eigenvalue weighted by molar-refractivity contribution is 7.92. The van der Waals surface area contributed by atoms with Gasteiger partial charge in [-0.3, -0.25) is 4.98 Å². The number of aryl methyl sites for hydroxylation is 1. The monoisotopic (exact) mass is 430 g/mol. The molecule has 3 rings (SSSR count). The summed E-state index contributed by atoms with van der Waals surface area (Å²) in [6.45, 7) is 1.60. The Kier molecular flexibility index (Phi) is 6.46. The smallest absolute Gasteiger partial charge is 0.215 e. The molecule has 0 amide bonds. The first-order valence-electron chi connectivity index (χ1n) is 9.00. The zero-order valence-corrected chi connectivity index (χ0v) is 17.5. The number of hydrogen-bond acceptors (Lipinski definition) is 5. The Hall–Kier alpha value is -2.55. The molecule has 0 saturated carbocycles. The Labute approximate surface area is 171 Å². The molecule has 0 radical (unpaired) electrons. The molecule has 6 nitrogen and oxygen atoms in total. The summed E-state index contributed by atoms with van der Waals surface area (Å²) in [5, 5.41) is -1.09.